The Kier molecular flexibility index (Phi) is 5.38. The Labute approximate surface area is 224 Å². The first kappa shape index (κ1) is 24.3. The van der Waals surface area contributed by atoms with Crippen molar-refractivity contribution in [3.63, 3.8) is 0 Å². The summed E-state index contributed by atoms with van der Waals surface area (Å²) in [6, 6.07) is 14.0. The van der Waals surface area contributed by atoms with Gasteiger partial charge in [-0.3, -0.25) is 9.59 Å². The van der Waals surface area contributed by atoms with Crippen LogP contribution in [0.5, 0.6) is 0 Å². The smallest absolute Gasteiger partial charge is 0.313 e. The van der Waals surface area contributed by atoms with Gasteiger partial charge < -0.3 is 18.9 Å². The maximum absolute atomic E-state index is 13.5. The maximum atomic E-state index is 13.5. The van der Waals surface area contributed by atoms with E-state index in [-0.39, 0.29) is 36.9 Å². The normalized spacial score (nSPS) is 36.8. The number of ether oxygens (including phenoxy) is 4. The van der Waals surface area contributed by atoms with E-state index < -0.39 is 35.0 Å². The molecule has 0 spiro atoms. The summed E-state index contributed by atoms with van der Waals surface area (Å²) in [5, 5.41) is 0. The fourth-order valence-electron chi connectivity index (χ4n) is 9.48. The van der Waals surface area contributed by atoms with Gasteiger partial charge in [0.15, 0.2) is 0 Å². The molecule has 0 N–H and O–H groups in total. The highest BCUT2D eigenvalue weighted by Crippen LogP contribution is 2.85. The van der Waals surface area contributed by atoms with Crippen molar-refractivity contribution >= 4 is 11.9 Å². The van der Waals surface area contributed by atoms with E-state index in [2.05, 4.69) is 36.4 Å². The molecule has 5 aliphatic rings. The van der Waals surface area contributed by atoms with Crippen LogP contribution >= 0.6 is 0 Å². The molecule has 0 amide bonds. The molecule has 6 nitrogen and oxygen atoms in total. The third kappa shape index (κ3) is 2.66. The molecule has 0 aromatic heterocycles. The monoisotopic (exact) mass is 516 g/mol. The van der Waals surface area contributed by atoms with Crippen LogP contribution in [0.4, 0.5) is 0 Å². The van der Waals surface area contributed by atoms with Crippen molar-refractivity contribution in [2.24, 2.45) is 23.7 Å². The van der Waals surface area contributed by atoms with Gasteiger partial charge in [0.25, 0.3) is 0 Å². The number of hydrogen-bond donors (Lipinski definition) is 0. The zero-order valence-corrected chi connectivity index (χ0v) is 22.6. The van der Waals surface area contributed by atoms with Gasteiger partial charge in [0.05, 0.1) is 13.2 Å². The number of esters is 2. The third-order valence-corrected chi connectivity index (χ3v) is 10.7. The summed E-state index contributed by atoms with van der Waals surface area (Å²) in [7, 11) is 3.33. The fourth-order valence-corrected chi connectivity index (χ4v) is 9.48. The van der Waals surface area contributed by atoms with Gasteiger partial charge in [0.2, 0.25) is 0 Å². The van der Waals surface area contributed by atoms with E-state index >= 15 is 0 Å². The first-order valence-electron chi connectivity index (χ1n) is 14.1. The average Bonchev–Trinajstić information content (AvgIpc) is 2.88. The number of methoxy groups -OCH3 is 2. The highest BCUT2D eigenvalue weighted by Gasteiger charge is 2.96. The Bertz CT molecular complexity index is 1230. The third-order valence-electron chi connectivity index (χ3n) is 10.7. The quantitative estimate of drug-likeness (QED) is 0.537. The molecule has 6 heteroatoms. The van der Waals surface area contributed by atoms with Gasteiger partial charge in [-0.15, -0.1) is 0 Å². The molecule has 8 atom stereocenters. The van der Waals surface area contributed by atoms with Crippen LogP contribution in [0.2, 0.25) is 0 Å². The van der Waals surface area contributed by atoms with Crippen molar-refractivity contribution in [1.29, 1.82) is 0 Å². The molecule has 4 unspecified atom stereocenters. The van der Waals surface area contributed by atoms with Gasteiger partial charge in [-0.05, 0) is 84.7 Å². The van der Waals surface area contributed by atoms with Crippen LogP contribution in [-0.4, -0.2) is 50.6 Å². The molecule has 38 heavy (non-hydrogen) atoms. The summed E-state index contributed by atoms with van der Waals surface area (Å²) < 4.78 is 23.9. The molecule has 0 saturated heterocycles. The number of carbonyl (C=O) groups is 2. The van der Waals surface area contributed by atoms with E-state index in [4.69, 9.17) is 18.9 Å². The molecule has 0 aliphatic heterocycles. The van der Waals surface area contributed by atoms with Crippen molar-refractivity contribution in [2.75, 3.05) is 27.4 Å². The van der Waals surface area contributed by atoms with E-state index in [0.717, 1.165) is 25.7 Å². The van der Waals surface area contributed by atoms with Crippen LogP contribution in [-0.2, 0) is 54.2 Å². The van der Waals surface area contributed by atoms with E-state index in [1.54, 1.807) is 28.1 Å². The summed E-state index contributed by atoms with van der Waals surface area (Å²) >= 11 is 0. The lowest BCUT2D eigenvalue weighted by Gasteiger charge is -2.86. The van der Waals surface area contributed by atoms with Crippen molar-refractivity contribution in [3.05, 3.63) is 69.8 Å². The van der Waals surface area contributed by atoms with Gasteiger partial charge in [0.1, 0.15) is 23.0 Å². The molecule has 2 aromatic rings. The van der Waals surface area contributed by atoms with Crippen LogP contribution in [0.3, 0.4) is 0 Å². The Morgan fingerprint density at radius 2 is 1.13 bits per heavy atom. The van der Waals surface area contributed by atoms with E-state index in [1.807, 2.05) is 0 Å². The Hall–Kier alpha value is -2.70. The first-order valence-corrected chi connectivity index (χ1v) is 14.1. The molecule has 0 radical (unpaired) electrons. The molecule has 0 heterocycles. The van der Waals surface area contributed by atoms with Gasteiger partial charge in [-0.1, -0.05) is 36.4 Å². The Morgan fingerprint density at radius 3 is 1.50 bits per heavy atom. The summed E-state index contributed by atoms with van der Waals surface area (Å²) in [6.07, 6.45) is 3.99. The number of aryl methyl sites for hydroxylation is 4. The lowest BCUT2D eigenvalue weighted by atomic mass is 9.21. The molecule has 5 aliphatic carbocycles. The molecule has 3 saturated carbocycles. The highest BCUT2D eigenvalue weighted by molar-refractivity contribution is 5.90. The van der Waals surface area contributed by atoms with Crippen molar-refractivity contribution < 1.29 is 28.5 Å². The number of fused-ring (bicyclic) bond motifs is 6. The van der Waals surface area contributed by atoms with Gasteiger partial charge >= 0.3 is 11.9 Å². The molecule has 4 bridgehead atoms. The summed E-state index contributed by atoms with van der Waals surface area (Å²) in [5.41, 5.74) is 6.35. The summed E-state index contributed by atoms with van der Waals surface area (Å²) in [4.78, 5) is 27.0. The number of benzene rings is 2. The SMILES string of the molecule is CCOC(=O)[C@@H]1[C@H](C(=O)OCC)[C@@]2(OC)C3C4c5cc6ccc5CCc5ccc(cc5C4C3[C@@]12OC)CC6. The fraction of sp³-hybridized carbons (Fsp3) is 0.562. The van der Waals surface area contributed by atoms with Gasteiger partial charge in [0, 0.05) is 26.1 Å². The molecule has 200 valence electrons. The average molecular weight is 517 g/mol. The van der Waals surface area contributed by atoms with E-state index in [9.17, 15) is 9.59 Å². The lowest BCUT2D eigenvalue weighted by molar-refractivity contribution is -0.457. The highest BCUT2D eigenvalue weighted by atomic mass is 16.6. The second-order valence-corrected chi connectivity index (χ2v) is 11.6. The lowest BCUT2D eigenvalue weighted by Crippen LogP contribution is -2.98. The summed E-state index contributed by atoms with van der Waals surface area (Å²) in [5.74, 6) is -1.86. The number of rotatable bonds is 6. The molecule has 2 aromatic carbocycles. The maximum Gasteiger partial charge on any atom is 0.313 e. The molecule has 7 rings (SSSR count). The van der Waals surface area contributed by atoms with Crippen molar-refractivity contribution in [1.82, 2.24) is 0 Å². The molecular formula is C32H36O6. The first-order chi connectivity index (χ1) is 18.5. The Morgan fingerprint density at radius 1 is 0.711 bits per heavy atom. The minimum Gasteiger partial charge on any atom is -0.466 e. The standard InChI is InChI=1S/C32H36O6/c1-5-37-29(33)27-28(30(34)38-6-2)32(36-4)26-24-22-16-18-8-7-17-9-11-19(13-14-20(22)12-10-18)21(15-17)23(24)25(26)31(27,32)35-3/h9-12,15-16,23-28H,5-8,13-14H2,1-4H3/t23?,24?,25?,26?,27-,28+,31+,32-. The number of hydrogen-bond acceptors (Lipinski definition) is 6. The topological polar surface area (TPSA) is 71.1 Å². The van der Waals surface area contributed by atoms with Crippen molar-refractivity contribution in [2.45, 2.75) is 62.6 Å². The van der Waals surface area contributed by atoms with Crippen LogP contribution in [0.15, 0.2) is 36.4 Å². The predicted molar refractivity (Wildman–Crippen MR) is 140 cm³/mol. The van der Waals surface area contributed by atoms with Crippen LogP contribution in [0, 0.1) is 23.7 Å². The molecular weight excluding hydrogens is 480 g/mol. The zero-order chi connectivity index (χ0) is 26.4. The summed E-state index contributed by atoms with van der Waals surface area (Å²) in [6.45, 7) is 4.07. The van der Waals surface area contributed by atoms with Crippen molar-refractivity contribution in [3.8, 4) is 0 Å². The van der Waals surface area contributed by atoms with Gasteiger partial charge in [-0.25, -0.2) is 0 Å². The number of carbonyl (C=O) groups excluding carboxylic acids is 2. The van der Waals surface area contributed by atoms with E-state index in [0.29, 0.717) is 0 Å². The second-order valence-electron chi connectivity index (χ2n) is 11.6. The van der Waals surface area contributed by atoms with E-state index in [1.165, 1.54) is 33.4 Å². The Balaban J connectivity index is 1.45. The van der Waals surface area contributed by atoms with Crippen LogP contribution < -0.4 is 0 Å². The van der Waals surface area contributed by atoms with Crippen LogP contribution in [0.25, 0.3) is 0 Å². The minimum absolute atomic E-state index is 0.0422. The zero-order valence-electron chi connectivity index (χ0n) is 22.6. The predicted octanol–water partition coefficient (Wildman–Crippen LogP) is 4.15. The molecule has 3 fully saturated rings. The second kappa shape index (κ2) is 8.40. The van der Waals surface area contributed by atoms with Crippen LogP contribution in [0.1, 0.15) is 59.1 Å². The largest absolute Gasteiger partial charge is 0.466 e. The minimum atomic E-state index is -0.939. The van der Waals surface area contributed by atoms with Gasteiger partial charge in [-0.2, -0.15) is 0 Å².